The Morgan fingerprint density at radius 1 is 1.44 bits per heavy atom. The zero-order chi connectivity index (χ0) is 12.0. The van der Waals surface area contributed by atoms with Crippen molar-refractivity contribution < 1.29 is 4.74 Å². The molecule has 2 unspecified atom stereocenters. The van der Waals surface area contributed by atoms with Gasteiger partial charge >= 0.3 is 0 Å². The third-order valence-electron chi connectivity index (χ3n) is 3.41. The van der Waals surface area contributed by atoms with E-state index in [2.05, 4.69) is 31.0 Å². The molecule has 0 aliphatic carbocycles. The molecule has 0 radical (unpaired) electrons. The van der Waals surface area contributed by atoms with Crippen LogP contribution in [0, 0.1) is 5.92 Å². The quantitative estimate of drug-likeness (QED) is 0.775. The monoisotopic (exact) mass is 228 g/mol. The standard InChI is InChI=1S/C13H28N2O/c1-11(2)9-13-10-15(7-8-16-4)12(3)5-6-14-13/h11-14H,5-10H2,1-4H3. The van der Waals surface area contributed by atoms with Crippen molar-refractivity contribution >= 4 is 0 Å². The predicted octanol–water partition coefficient (Wildman–Crippen LogP) is 1.73. The van der Waals surface area contributed by atoms with E-state index in [9.17, 15) is 0 Å². The highest BCUT2D eigenvalue weighted by atomic mass is 16.5. The van der Waals surface area contributed by atoms with Crippen molar-refractivity contribution in [3.8, 4) is 0 Å². The maximum atomic E-state index is 5.19. The average molecular weight is 228 g/mol. The smallest absolute Gasteiger partial charge is 0.0589 e. The van der Waals surface area contributed by atoms with E-state index in [1.165, 1.54) is 19.4 Å². The van der Waals surface area contributed by atoms with E-state index in [1.54, 1.807) is 7.11 Å². The van der Waals surface area contributed by atoms with E-state index in [-0.39, 0.29) is 0 Å². The maximum Gasteiger partial charge on any atom is 0.0589 e. The van der Waals surface area contributed by atoms with Gasteiger partial charge in [-0.25, -0.2) is 0 Å². The van der Waals surface area contributed by atoms with Crippen LogP contribution in [0.25, 0.3) is 0 Å². The maximum absolute atomic E-state index is 5.19. The first-order valence-corrected chi connectivity index (χ1v) is 6.59. The summed E-state index contributed by atoms with van der Waals surface area (Å²) < 4.78 is 5.19. The fraction of sp³-hybridized carbons (Fsp3) is 1.00. The minimum absolute atomic E-state index is 0.654. The van der Waals surface area contributed by atoms with Gasteiger partial charge < -0.3 is 10.1 Å². The Balaban J connectivity index is 2.44. The summed E-state index contributed by atoms with van der Waals surface area (Å²) in [5.74, 6) is 0.773. The largest absolute Gasteiger partial charge is 0.383 e. The Morgan fingerprint density at radius 2 is 2.19 bits per heavy atom. The highest BCUT2D eigenvalue weighted by molar-refractivity contribution is 4.81. The van der Waals surface area contributed by atoms with Crippen LogP contribution in [0.3, 0.4) is 0 Å². The molecule has 0 aromatic rings. The second-order valence-electron chi connectivity index (χ2n) is 5.41. The molecule has 3 nitrogen and oxygen atoms in total. The lowest BCUT2D eigenvalue weighted by molar-refractivity contribution is 0.121. The van der Waals surface area contributed by atoms with Crippen molar-refractivity contribution in [3.05, 3.63) is 0 Å². The molecule has 1 heterocycles. The summed E-state index contributed by atoms with van der Waals surface area (Å²) in [5.41, 5.74) is 0. The van der Waals surface area contributed by atoms with Crippen LogP contribution in [0.4, 0.5) is 0 Å². The molecule has 3 heteroatoms. The van der Waals surface area contributed by atoms with Gasteiger partial charge in [0.1, 0.15) is 0 Å². The van der Waals surface area contributed by atoms with E-state index >= 15 is 0 Å². The van der Waals surface area contributed by atoms with E-state index in [0.717, 1.165) is 25.6 Å². The predicted molar refractivity (Wildman–Crippen MR) is 68.8 cm³/mol. The molecule has 0 amide bonds. The van der Waals surface area contributed by atoms with Gasteiger partial charge in [0.15, 0.2) is 0 Å². The van der Waals surface area contributed by atoms with Gasteiger partial charge in [0, 0.05) is 32.3 Å². The lowest BCUT2D eigenvalue weighted by Crippen LogP contribution is -2.42. The molecule has 1 aliphatic heterocycles. The fourth-order valence-corrected chi connectivity index (χ4v) is 2.45. The lowest BCUT2D eigenvalue weighted by Gasteiger charge is -2.29. The minimum atomic E-state index is 0.654. The normalized spacial score (nSPS) is 28.3. The SMILES string of the molecule is COCCN1CC(CC(C)C)NCCC1C. The number of hydrogen-bond donors (Lipinski definition) is 1. The fourth-order valence-electron chi connectivity index (χ4n) is 2.45. The van der Waals surface area contributed by atoms with Crippen LogP contribution < -0.4 is 5.32 Å². The van der Waals surface area contributed by atoms with Crippen molar-refractivity contribution in [2.24, 2.45) is 5.92 Å². The van der Waals surface area contributed by atoms with E-state index < -0.39 is 0 Å². The Labute approximate surface area is 101 Å². The number of rotatable bonds is 5. The van der Waals surface area contributed by atoms with Crippen LogP contribution in [-0.2, 0) is 4.74 Å². The van der Waals surface area contributed by atoms with Crippen molar-refractivity contribution in [2.75, 3.05) is 33.4 Å². The zero-order valence-corrected chi connectivity index (χ0v) is 11.3. The Kier molecular flexibility index (Phi) is 6.32. The molecule has 2 atom stereocenters. The second kappa shape index (κ2) is 7.25. The van der Waals surface area contributed by atoms with Gasteiger partial charge in [-0.2, -0.15) is 0 Å². The first-order chi connectivity index (χ1) is 7.63. The minimum Gasteiger partial charge on any atom is -0.383 e. The molecule has 0 bridgehead atoms. The molecule has 1 rings (SSSR count). The molecule has 0 aromatic carbocycles. The van der Waals surface area contributed by atoms with Gasteiger partial charge in [-0.1, -0.05) is 13.8 Å². The summed E-state index contributed by atoms with van der Waals surface area (Å²) >= 11 is 0. The Hall–Kier alpha value is -0.120. The van der Waals surface area contributed by atoms with Gasteiger partial charge in [0.2, 0.25) is 0 Å². The molecule has 1 N–H and O–H groups in total. The molecular formula is C13H28N2O. The summed E-state index contributed by atoms with van der Waals surface area (Å²) in [6.07, 6.45) is 2.52. The average Bonchev–Trinajstić information content (AvgIpc) is 2.37. The number of nitrogens with zero attached hydrogens (tertiary/aromatic N) is 1. The molecule has 1 aliphatic rings. The van der Waals surface area contributed by atoms with Crippen molar-refractivity contribution in [3.63, 3.8) is 0 Å². The van der Waals surface area contributed by atoms with E-state index in [4.69, 9.17) is 4.74 Å². The van der Waals surface area contributed by atoms with Crippen molar-refractivity contribution in [2.45, 2.75) is 45.7 Å². The molecule has 1 saturated heterocycles. The van der Waals surface area contributed by atoms with Crippen LogP contribution in [0.2, 0.25) is 0 Å². The van der Waals surface area contributed by atoms with Gasteiger partial charge in [-0.15, -0.1) is 0 Å². The van der Waals surface area contributed by atoms with Gasteiger partial charge in [0.25, 0.3) is 0 Å². The topological polar surface area (TPSA) is 24.5 Å². The molecule has 0 spiro atoms. The highest BCUT2D eigenvalue weighted by Crippen LogP contribution is 2.13. The molecule has 0 saturated carbocycles. The summed E-state index contributed by atoms with van der Waals surface area (Å²) in [6.45, 7) is 11.2. The number of nitrogens with one attached hydrogen (secondary N) is 1. The lowest BCUT2D eigenvalue weighted by atomic mass is 10.0. The Bertz CT molecular complexity index is 185. The number of hydrogen-bond acceptors (Lipinski definition) is 3. The van der Waals surface area contributed by atoms with Crippen LogP contribution >= 0.6 is 0 Å². The zero-order valence-electron chi connectivity index (χ0n) is 11.3. The summed E-state index contributed by atoms with van der Waals surface area (Å²) in [7, 11) is 1.78. The molecule has 16 heavy (non-hydrogen) atoms. The van der Waals surface area contributed by atoms with Gasteiger partial charge in [-0.05, 0) is 32.2 Å². The van der Waals surface area contributed by atoms with Gasteiger partial charge in [0.05, 0.1) is 6.61 Å². The molecule has 0 aromatic heterocycles. The van der Waals surface area contributed by atoms with Gasteiger partial charge in [-0.3, -0.25) is 4.90 Å². The van der Waals surface area contributed by atoms with Crippen LogP contribution in [-0.4, -0.2) is 50.3 Å². The highest BCUT2D eigenvalue weighted by Gasteiger charge is 2.22. The third-order valence-corrected chi connectivity index (χ3v) is 3.41. The third kappa shape index (κ3) is 4.81. The van der Waals surface area contributed by atoms with Crippen LogP contribution in [0.15, 0.2) is 0 Å². The molecule has 1 fully saturated rings. The summed E-state index contributed by atoms with van der Waals surface area (Å²) in [4.78, 5) is 2.57. The van der Waals surface area contributed by atoms with E-state index in [0.29, 0.717) is 12.1 Å². The Morgan fingerprint density at radius 3 is 2.81 bits per heavy atom. The summed E-state index contributed by atoms with van der Waals surface area (Å²) in [6, 6.07) is 1.33. The molecule has 96 valence electrons. The van der Waals surface area contributed by atoms with E-state index in [1.807, 2.05) is 0 Å². The number of methoxy groups -OCH3 is 1. The second-order valence-corrected chi connectivity index (χ2v) is 5.41. The van der Waals surface area contributed by atoms with Crippen LogP contribution in [0.1, 0.15) is 33.6 Å². The first kappa shape index (κ1) is 13.9. The van der Waals surface area contributed by atoms with Crippen molar-refractivity contribution in [1.82, 2.24) is 10.2 Å². The molecular weight excluding hydrogens is 200 g/mol. The van der Waals surface area contributed by atoms with Crippen molar-refractivity contribution in [1.29, 1.82) is 0 Å². The summed E-state index contributed by atoms with van der Waals surface area (Å²) in [5, 5.41) is 3.67. The number of ether oxygens (including phenoxy) is 1. The first-order valence-electron chi connectivity index (χ1n) is 6.59. The van der Waals surface area contributed by atoms with Crippen LogP contribution in [0.5, 0.6) is 0 Å².